The minimum absolute atomic E-state index is 0.0948. The molecule has 3 N–H and O–H groups in total. The van der Waals surface area contributed by atoms with E-state index in [1.165, 1.54) is 0 Å². The summed E-state index contributed by atoms with van der Waals surface area (Å²) in [5, 5.41) is 3.30. The highest BCUT2D eigenvalue weighted by Crippen LogP contribution is 2.23. The zero-order chi connectivity index (χ0) is 12.1. The molecule has 0 heterocycles. The molecule has 1 aromatic rings. The van der Waals surface area contributed by atoms with Crippen molar-refractivity contribution in [2.45, 2.75) is 25.8 Å². The van der Waals surface area contributed by atoms with Gasteiger partial charge in [-0.2, -0.15) is 0 Å². The molecular formula is C11H14ClIN2O. The quantitative estimate of drug-likeness (QED) is 0.819. The monoisotopic (exact) mass is 352 g/mol. The van der Waals surface area contributed by atoms with Crippen LogP contribution in [-0.2, 0) is 4.79 Å². The van der Waals surface area contributed by atoms with E-state index in [1.807, 2.05) is 13.0 Å². The summed E-state index contributed by atoms with van der Waals surface area (Å²) in [6.07, 6.45) is 1.10. The zero-order valence-electron chi connectivity index (χ0n) is 8.97. The van der Waals surface area contributed by atoms with Crippen molar-refractivity contribution < 1.29 is 4.79 Å². The first kappa shape index (κ1) is 13.7. The number of benzene rings is 1. The summed E-state index contributed by atoms with van der Waals surface area (Å²) in [7, 11) is 0. The molecular weight excluding hydrogens is 338 g/mol. The van der Waals surface area contributed by atoms with E-state index in [4.69, 9.17) is 17.3 Å². The van der Waals surface area contributed by atoms with Crippen LogP contribution in [0.4, 0.5) is 5.69 Å². The highest BCUT2D eigenvalue weighted by Gasteiger charge is 2.09. The molecule has 0 radical (unpaired) electrons. The Kier molecular flexibility index (Phi) is 5.51. The number of hydrogen-bond donors (Lipinski definition) is 2. The molecule has 0 saturated heterocycles. The van der Waals surface area contributed by atoms with Gasteiger partial charge in [0.2, 0.25) is 5.91 Å². The summed E-state index contributed by atoms with van der Waals surface area (Å²) in [6.45, 7) is 1.95. The molecule has 5 heteroatoms. The molecule has 0 aliphatic carbocycles. The third-order valence-corrected chi connectivity index (χ3v) is 3.16. The summed E-state index contributed by atoms with van der Waals surface area (Å²) < 4.78 is 1.03. The molecule has 1 atom stereocenters. The van der Waals surface area contributed by atoms with Crippen molar-refractivity contribution in [3.8, 4) is 0 Å². The van der Waals surface area contributed by atoms with E-state index in [9.17, 15) is 4.79 Å². The number of anilines is 1. The van der Waals surface area contributed by atoms with E-state index >= 15 is 0 Å². The molecule has 0 fully saturated rings. The molecule has 1 aromatic carbocycles. The standard InChI is InChI=1S/C11H14ClIN2O/c1-2-8(14)6-11(16)15-10-4-3-7(13)5-9(10)12/h3-5,8H,2,6,14H2,1H3,(H,15,16). The largest absolute Gasteiger partial charge is 0.327 e. The minimum Gasteiger partial charge on any atom is -0.327 e. The van der Waals surface area contributed by atoms with Gasteiger partial charge in [-0.3, -0.25) is 4.79 Å². The van der Waals surface area contributed by atoms with Crippen molar-refractivity contribution in [2.75, 3.05) is 5.32 Å². The molecule has 0 spiro atoms. The van der Waals surface area contributed by atoms with Crippen LogP contribution in [0.25, 0.3) is 0 Å². The summed E-state index contributed by atoms with van der Waals surface area (Å²) >= 11 is 8.16. The van der Waals surface area contributed by atoms with Crippen LogP contribution in [0.1, 0.15) is 19.8 Å². The van der Waals surface area contributed by atoms with Crippen LogP contribution in [0.15, 0.2) is 18.2 Å². The molecule has 0 aliphatic rings. The number of rotatable bonds is 4. The topological polar surface area (TPSA) is 55.1 Å². The highest BCUT2D eigenvalue weighted by molar-refractivity contribution is 14.1. The predicted octanol–water partition coefficient (Wildman–Crippen LogP) is 3.01. The van der Waals surface area contributed by atoms with Gasteiger partial charge in [0.05, 0.1) is 10.7 Å². The Morgan fingerprint density at radius 1 is 1.62 bits per heavy atom. The molecule has 3 nitrogen and oxygen atoms in total. The molecule has 0 bridgehead atoms. The van der Waals surface area contributed by atoms with Crippen molar-refractivity contribution in [2.24, 2.45) is 5.73 Å². The van der Waals surface area contributed by atoms with Gasteiger partial charge in [0.1, 0.15) is 0 Å². The first-order valence-electron chi connectivity index (χ1n) is 5.03. The Hall–Kier alpha value is -0.330. The van der Waals surface area contributed by atoms with Crippen LogP contribution >= 0.6 is 34.2 Å². The molecule has 0 saturated carbocycles. The fraction of sp³-hybridized carbons (Fsp3) is 0.364. The number of carbonyl (C=O) groups excluding carboxylic acids is 1. The van der Waals surface area contributed by atoms with Crippen molar-refractivity contribution >= 4 is 45.8 Å². The molecule has 0 aliphatic heterocycles. The van der Waals surface area contributed by atoms with Crippen LogP contribution in [-0.4, -0.2) is 11.9 Å². The van der Waals surface area contributed by atoms with Gasteiger partial charge >= 0.3 is 0 Å². The van der Waals surface area contributed by atoms with Gasteiger partial charge in [0, 0.05) is 16.0 Å². The second-order valence-electron chi connectivity index (χ2n) is 3.54. The predicted molar refractivity (Wildman–Crippen MR) is 75.7 cm³/mol. The van der Waals surface area contributed by atoms with Crippen LogP contribution in [0.2, 0.25) is 5.02 Å². The Labute approximate surface area is 114 Å². The summed E-state index contributed by atoms with van der Waals surface area (Å²) in [5.41, 5.74) is 6.33. The lowest BCUT2D eigenvalue weighted by molar-refractivity contribution is -0.116. The fourth-order valence-corrected chi connectivity index (χ4v) is 2.08. The third kappa shape index (κ3) is 4.27. The Morgan fingerprint density at radius 3 is 2.88 bits per heavy atom. The van der Waals surface area contributed by atoms with E-state index < -0.39 is 0 Å². The van der Waals surface area contributed by atoms with Gasteiger partial charge in [-0.05, 0) is 47.2 Å². The number of carbonyl (C=O) groups is 1. The number of halogens is 2. The molecule has 0 aromatic heterocycles. The number of nitrogens with one attached hydrogen (secondary N) is 1. The second kappa shape index (κ2) is 6.42. The van der Waals surface area contributed by atoms with Crippen molar-refractivity contribution in [3.05, 3.63) is 26.8 Å². The van der Waals surface area contributed by atoms with Crippen molar-refractivity contribution in [1.29, 1.82) is 0 Å². The smallest absolute Gasteiger partial charge is 0.225 e. The lowest BCUT2D eigenvalue weighted by Gasteiger charge is -2.10. The number of nitrogens with two attached hydrogens (primary N) is 1. The maximum absolute atomic E-state index is 11.6. The van der Waals surface area contributed by atoms with E-state index in [2.05, 4.69) is 27.9 Å². The first-order valence-corrected chi connectivity index (χ1v) is 6.49. The van der Waals surface area contributed by atoms with E-state index in [-0.39, 0.29) is 11.9 Å². The minimum atomic E-state index is -0.0996. The van der Waals surface area contributed by atoms with Gasteiger partial charge < -0.3 is 11.1 Å². The third-order valence-electron chi connectivity index (χ3n) is 2.18. The van der Waals surface area contributed by atoms with Crippen LogP contribution in [0.5, 0.6) is 0 Å². The lowest BCUT2D eigenvalue weighted by Crippen LogP contribution is -2.26. The molecule has 88 valence electrons. The SMILES string of the molecule is CCC(N)CC(=O)Nc1ccc(I)cc1Cl. The maximum Gasteiger partial charge on any atom is 0.225 e. The summed E-state index contributed by atoms with van der Waals surface area (Å²) in [5.74, 6) is -0.0996. The van der Waals surface area contributed by atoms with E-state index in [0.717, 1.165) is 9.99 Å². The van der Waals surface area contributed by atoms with Crippen LogP contribution in [0.3, 0.4) is 0 Å². The van der Waals surface area contributed by atoms with Gasteiger partial charge in [-0.25, -0.2) is 0 Å². The number of hydrogen-bond acceptors (Lipinski definition) is 2. The average molecular weight is 353 g/mol. The Morgan fingerprint density at radius 2 is 2.31 bits per heavy atom. The van der Waals surface area contributed by atoms with E-state index in [1.54, 1.807) is 12.1 Å². The molecule has 1 amide bonds. The average Bonchev–Trinajstić information content (AvgIpc) is 2.22. The molecule has 16 heavy (non-hydrogen) atoms. The summed E-state index contributed by atoms with van der Waals surface area (Å²) in [4.78, 5) is 11.6. The first-order chi connectivity index (χ1) is 7.52. The van der Waals surface area contributed by atoms with Crippen molar-refractivity contribution in [1.82, 2.24) is 0 Å². The Balaban J connectivity index is 2.63. The summed E-state index contributed by atoms with van der Waals surface area (Å²) in [6, 6.07) is 5.39. The van der Waals surface area contributed by atoms with Gasteiger partial charge in [-0.15, -0.1) is 0 Å². The fourth-order valence-electron chi connectivity index (χ4n) is 1.17. The van der Waals surface area contributed by atoms with Crippen LogP contribution in [0, 0.1) is 3.57 Å². The van der Waals surface area contributed by atoms with Crippen LogP contribution < -0.4 is 11.1 Å². The van der Waals surface area contributed by atoms with Crippen molar-refractivity contribution in [3.63, 3.8) is 0 Å². The van der Waals surface area contributed by atoms with E-state index in [0.29, 0.717) is 17.1 Å². The normalized spacial score (nSPS) is 12.2. The second-order valence-corrected chi connectivity index (χ2v) is 5.20. The van der Waals surface area contributed by atoms with Gasteiger partial charge in [0.25, 0.3) is 0 Å². The Bertz CT molecular complexity index is 384. The molecule has 1 rings (SSSR count). The van der Waals surface area contributed by atoms with Gasteiger partial charge in [-0.1, -0.05) is 18.5 Å². The molecule has 1 unspecified atom stereocenters. The lowest BCUT2D eigenvalue weighted by atomic mass is 10.1. The maximum atomic E-state index is 11.6. The zero-order valence-corrected chi connectivity index (χ0v) is 11.9. The highest BCUT2D eigenvalue weighted by atomic mass is 127. The number of amides is 1. The van der Waals surface area contributed by atoms with Gasteiger partial charge in [0.15, 0.2) is 0 Å².